The van der Waals surface area contributed by atoms with Crippen LogP contribution in [0.4, 0.5) is 4.79 Å². The lowest BCUT2D eigenvalue weighted by molar-refractivity contribution is -0.129. The van der Waals surface area contributed by atoms with E-state index < -0.39 is 12.1 Å². The summed E-state index contributed by atoms with van der Waals surface area (Å²) in [6, 6.07) is -1.44. The molecular formula is C15H30N4O3. The van der Waals surface area contributed by atoms with Gasteiger partial charge in [0, 0.05) is 13.0 Å². The number of primary amides is 1. The number of hydrogen-bond acceptors (Lipinski definition) is 4. The molecule has 3 amide bonds. The van der Waals surface area contributed by atoms with Crippen LogP contribution in [0.25, 0.3) is 0 Å². The Bertz CT molecular complexity index is 372. The highest BCUT2D eigenvalue weighted by molar-refractivity contribution is 5.90. The lowest BCUT2D eigenvalue weighted by Crippen LogP contribution is -2.51. The Morgan fingerprint density at radius 3 is 2.27 bits per heavy atom. The largest absolute Gasteiger partial charge is 0.352 e. The van der Waals surface area contributed by atoms with Gasteiger partial charge in [-0.15, -0.1) is 0 Å². The molecule has 0 aliphatic rings. The van der Waals surface area contributed by atoms with Crippen molar-refractivity contribution in [3.63, 3.8) is 0 Å². The van der Waals surface area contributed by atoms with Gasteiger partial charge >= 0.3 is 6.03 Å². The van der Waals surface area contributed by atoms with Gasteiger partial charge in [-0.1, -0.05) is 20.8 Å². The summed E-state index contributed by atoms with van der Waals surface area (Å²) in [5.41, 5.74) is 4.99. The number of Topliss-reactive ketones (excluding diaryl/α,β-unsaturated/α-hetero) is 1. The molecule has 0 aromatic heterocycles. The molecule has 0 fully saturated rings. The monoisotopic (exact) mass is 314 g/mol. The molecule has 0 rings (SSSR count). The SMILES string of the molecule is CCCC(=O)C(CCCNC(N)=O)NC(=O)C(NC)C(C)C. The molecule has 0 aliphatic heterocycles. The highest BCUT2D eigenvalue weighted by Gasteiger charge is 2.25. The first-order valence-corrected chi connectivity index (χ1v) is 7.87. The molecule has 7 nitrogen and oxygen atoms in total. The predicted molar refractivity (Wildman–Crippen MR) is 86.4 cm³/mol. The van der Waals surface area contributed by atoms with Crippen LogP contribution in [0.1, 0.15) is 46.5 Å². The Balaban J connectivity index is 4.61. The van der Waals surface area contributed by atoms with E-state index in [1.54, 1.807) is 7.05 Å². The molecule has 7 heteroatoms. The zero-order valence-corrected chi connectivity index (χ0v) is 14.1. The molecule has 0 saturated carbocycles. The Kier molecular flexibility index (Phi) is 10.2. The summed E-state index contributed by atoms with van der Waals surface area (Å²) in [6.45, 7) is 6.21. The van der Waals surface area contributed by atoms with Crippen molar-refractivity contribution in [1.82, 2.24) is 16.0 Å². The van der Waals surface area contributed by atoms with Crippen LogP contribution < -0.4 is 21.7 Å². The molecule has 5 N–H and O–H groups in total. The van der Waals surface area contributed by atoms with Crippen LogP contribution in [-0.4, -0.2) is 43.4 Å². The highest BCUT2D eigenvalue weighted by atomic mass is 16.2. The van der Waals surface area contributed by atoms with Gasteiger partial charge in [-0.2, -0.15) is 0 Å². The zero-order chi connectivity index (χ0) is 17.1. The summed E-state index contributed by atoms with van der Waals surface area (Å²) in [4.78, 5) is 35.0. The van der Waals surface area contributed by atoms with Crippen molar-refractivity contribution in [2.75, 3.05) is 13.6 Å². The summed E-state index contributed by atoms with van der Waals surface area (Å²) in [7, 11) is 1.73. The molecule has 128 valence electrons. The highest BCUT2D eigenvalue weighted by Crippen LogP contribution is 2.06. The lowest BCUT2D eigenvalue weighted by Gasteiger charge is -2.24. The molecule has 0 aliphatic carbocycles. The van der Waals surface area contributed by atoms with Crippen molar-refractivity contribution in [3.8, 4) is 0 Å². The third-order valence-corrected chi connectivity index (χ3v) is 3.43. The van der Waals surface area contributed by atoms with Crippen molar-refractivity contribution in [2.45, 2.75) is 58.5 Å². The summed E-state index contributed by atoms with van der Waals surface area (Å²) in [6.07, 6.45) is 2.24. The fourth-order valence-corrected chi connectivity index (χ4v) is 2.28. The number of likely N-dealkylation sites (N-methyl/N-ethyl adjacent to an activating group) is 1. The summed E-state index contributed by atoms with van der Waals surface area (Å²) in [5.74, 6) is -0.0215. The Labute approximate surface area is 132 Å². The molecule has 0 aromatic carbocycles. The number of nitrogens with two attached hydrogens (primary N) is 1. The molecular weight excluding hydrogens is 284 g/mol. The molecule has 2 unspecified atom stereocenters. The minimum atomic E-state index is -0.587. The van der Waals surface area contributed by atoms with Crippen LogP contribution in [0.5, 0.6) is 0 Å². The first-order chi connectivity index (χ1) is 10.3. The molecule has 0 aromatic rings. The second-order valence-electron chi connectivity index (χ2n) is 5.72. The average molecular weight is 314 g/mol. The van der Waals surface area contributed by atoms with Crippen molar-refractivity contribution in [1.29, 1.82) is 0 Å². The van der Waals surface area contributed by atoms with Crippen LogP contribution in [0, 0.1) is 5.92 Å². The molecule has 0 spiro atoms. The van der Waals surface area contributed by atoms with Crippen molar-refractivity contribution in [2.24, 2.45) is 11.7 Å². The van der Waals surface area contributed by atoms with Crippen LogP contribution in [0.3, 0.4) is 0 Å². The van der Waals surface area contributed by atoms with Gasteiger partial charge in [0.05, 0.1) is 12.1 Å². The van der Waals surface area contributed by atoms with Crippen LogP contribution in [-0.2, 0) is 9.59 Å². The number of carbonyl (C=O) groups excluding carboxylic acids is 3. The zero-order valence-electron chi connectivity index (χ0n) is 14.1. The van der Waals surface area contributed by atoms with Gasteiger partial charge in [0.15, 0.2) is 5.78 Å². The van der Waals surface area contributed by atoms with Gasteiger partial charge in [-0.05, 0) is 32.2 Å². The smallest absolute Gasteiger partial charge is 0.312 e. The number of urea groups is 1. The second kappa shape index (κ2) is 11.0. The molecule has 0 heterocycles. The van der Waals surface area contributed by atoms with Gasteiger partial charge in [-0.25, -0.2) is 4.79 Å². The first-order valence-electron chi connectivity index (χ1n) is 7.87. The third kappa shape index (κ3) is 7.97. The molecule has 22 heavy (non-hydrogen) atoms. The minimum Gasteiger partial charge on any atom is -0.352 e. The van der Waals surface area contributed by atoms with E-state index in [0.29, 0.717) is 25.8 Å². The van der Waals surface area contributed by atoms with E-state index >= 15 is 0 Å². The van der Waals surface area contributed by atoms with E-state index in [9.17, 15) is 14.4 Å². The fourth-order valence-electron chi connectivity index (χ4n) is 2.28. The molecule has 0 radical (unpaired) electrons. The normalized spacial score (nSPS) is 13.5. The van der Waals surface area contributed by atoms with Crippen molar-refractivity contribution in [3.05, 3.63) is 0 Å². The predicted octanol–water partition coefficient (Wildman–Crippen LogP) is 0.533. The molecule has 0 saturated heterocycles. The maximum absolute atomic E-state index is 12.3. The standard InChI is InChI=1S/C15H30N4O3/c1-5-7-12(20)11(8-6-9-18-15(16)22)19-14(21)13(17-4)10(2)3/h10-11,13,17H,5-9H2,1-4H3,(H,19,21)(H3,16,18,22). The number of ketones is 1. The van der Waals surface area contributed by atoms with Crippen LogP contribution in [0.15, 0.2) is 0 Å². The van der Waals surface area contributed by atoms with E-state index in [4.69, 9.17) is 5.73 Å². The number of amides is 3. The minimum absolute atomic E-state index is 0.0218. The van der Waals surface area contributed by atoms with E-state index in [1.807, 2.05) is 20.8 Å². The van der Waals surface area contributed by atoms with Crippen molar-refractivity contribution < 1.29 is 14.4 Å². The van der Waals surface area contributed by atoms with Gasteiger partial charge in [-0.3, -0.25) is 9.59 Å². The first kappa shape index (κ1) is 20.4. The maximum Gasteiger partial charge on any atom is 0.312 e. The maximum atomic E-state index is 12.3. The van der Waals surface area contributed by atoms with E-state index in [0.717, 1.165) is 6.42 Å². The molecule has 0 bridgehead atoms. The van der Waals surface area contributed by atoms with E-state index in [1.165, 1.54) is 0 Å². The molecule has 2 atom stereocenters. The Morgan fingerprint density at radius 2 is 1.82 bits per heavy atom. The fraction of sp³-hybridized carbons (Fsp3) is 0.800. The van der Waals surface area contributed by atoms with Gasteiger partial charge in [0.1, 0.15) is 0 Å². The lowest BCUT2D eigenvalue weighted by atomic mass is 10.00. The quantitative estimate of drug-likeness (QED) is 0.417. The number of nitrogens with one attached hydrogen (secondary N) is 3. The van der Waals surface area contributed by atoms with Crippen LogP contribution >= 0.6 is 0 Å². The topological polar surface area (TPSA) is 113 Å². The summed E-state index contributed by atoms with van der Waals surface area (Å²) in [5, 5.41) is 8.27. The van der Waals surface area contributed by atoms with Gasteiger partial charge in [0.2, 0.25) is 5.91 Å². The van der Waals surface area contributed by atoms with Gasteiger partial charge in [0.25, 0.3) is 0 Å². The summed E-state index contributed by atoms with van der Waals surface area (Å²) >= 11 is 0. The van der Waals surface area contributed by atoms with E-state index in [2.05, 4.69) is 16.0 Å². The Hall–Kier alpha value is -1.63. The van der Waals surface area contributed by atoms with Crippen LogP contribution in [0.2, 0.25) is 0 Å². The number of carbonyl (C=O) groups is 3. The summed E-state index contributed by atoms with van der Waals surface area (Å²) < 4.78 is 0. The van der Waals surface area contributed by atoms with Crippen molar-refractivity contribution >= 4 is 17.7 Å². The number of rotatable bonds is 11. The van der Waals surface area contributed by atoms with E-state index in [-0.39, 0.29) is 23.7 Å². The third-order valence-electron chi connectivity index (χ3n) is 3.43. The average Bonchev–Trinajstić information content (AvgIpc) is 2.42. The Morgan fingerprint density at radius 1 is 1.18 bits per heavy atom. The number of hydrogen-bond donors (Lipinski definition) is 4. The second-order valence-corrected chi connectivity index (χ2v) is 5.72. The van der Waals surface area contributed by atoms with Gasteiger partial charge < -0.3 is 21.7 Å².